The Hall–Kier alpha value is -3.08. The maximum atomic E-state index is 6.07. The highest BCUT2D eigenvalue weighted by atomic mass is 16.7. The number of fused-ring (bicyclic) bond motifs is 1. The second kappa shape index (κ2) is 11.4. The van der Waals surface area contributed by atoms with Crippen LogP contribution in [0.25, 0.3) is 11.1 Å². The molecule has 0 amide bonds. The standard InChI is InChI=1S/C30H35NO3/c1-21(2)31-22(3)34-27-18-14-25(15-19-27)30(24-12-16-26(17-13-24)33-20-32-4)29-11-7-9-23-8-5-6-10-28(23)29/h5-6,8,10,12-19,21-22,31H,7,9,11,20H2,1-4H3. The summed E-state index contributed by atoms with van der Waals surface area (Å²) in [4.78, 5) is 0. The van der Waals surface area contributed by atoms with Crippen LogP contribution in [-0.2, 0) is 11.2 Å². The molecule has 4 heteroatoms. The average Bonchev–Trinajstić information content (AvgIpc) is 2.84. The van der Waals surface area contributed by atoms with E-state index in [1.807, 2.05) is 19.1 Å². The Bertz CT molecular complexity index is 1100. The van der Waals surface area contributed by atoms with Gasteiger partial charge in [0.05, 0.1) is 0 Å². The zero-order chi connectivity index (χ0) is 23.9. The second-order valence-corrected chi connectivity index (χ2v) is 9.05. The van der Waals surface area contributed by atoms with E-state index in [4.69, 9.17) is 14.2 Å². The zero-order valence-corrected chi connectivity index (χ0v) is 20.6. The molecular formula is C30H35NO3. The molecule has 0 bridgehead atoms. The molecule has 3 aromatic rings. The third-order valence-electron chi connectivity index (χ3n) is 6.03. The third kappa shape index (κ3) is 5.88. The van der Waals surface area contributed by atoms with Crippen LogP contribution in [0.2, 0.25) is 0 Å². The van der Waals surface area contributed by atoms with Crippen molar-refractivity contribution in [3.05, 3.63) is 95.1 Å². The normalized spacial score (nSPS) is 15.6. The van der Waals surface area contributed by atoms with Crippen LogP contribution in [-0.4, -0.2) is 26.2 Å². The number of allylic oxidation sites excluding steroid dienone is 1. The molecule has 1 aliphatic carbocycles. The summed E-state index contributed by atoms with van der Waals surface area (Å²) in [6, 6.07) is 26.0. The molecule has 1 atom stereocenters. The largest absolute Gasteiger partial charge is 0.476 e. The first-order valence-corrected chi connectivity index (χ1v) is 12.1. The number of hydrogen-bond donors (Lipinski definition) is 1. The summed E-state index contributed by atoms with van der Waals surface area (Å²) >= 11 is 0. The van der Waals surface area contributed by atoms with E-state index in [0.717, 1.165) is 30.8 Å². The van der Waals surface area contributed by atoms with Crippen molar-refractivity contribution < 1.29 is 14.2 Å². The molecule has 0 aromatic heterocycles. The van der Waals surface area contributed by atoms with Crippen molar-refractivity contribution in [2.75, 3.05) is 13.9 Å². The first-order valence-electron chi connectivity index (χ1n) is 12.1. The topological polar surface area (TPSA) is 39.7 Å². The minimum absolute atomic E-state index is 0.0476. The Morgan fingerprint density at radius 1 is 0.824 bits per heavy atom. The van der Waals surface area contributed by atoms with Gasteiger partial charge in [-0.15, -0.1) is 0 Å². The van der Waals surface area contributed by atoms with Crippen LogP contribution < -0.4 is 14.8 Å². The molecule has 0 heterocycles. The highest BCUT2D eigenvalue weighted by molar-refractivity contribution is 5.99. The molecule has 0 fully saturated rings. The third-order valence-corrected chi connectivity index (χ3v) is 6.03. The predicted octanol–water partition coefficient (Wildman–Crippen LogP) is 6.69. The number of rotatable bonds is 9. The van der Waals surface area contributed by atoms with Gasteiger partial charge in [0.2, 0.25) is 0 Å². The van der Waals surface area contributed by atoms with Crippen molar-refractivity contribution in [2.45, 2.75) is 52.3 Å². The number of methoxy groups -OCH3 is 1. The Kier molecular flexibility index (Phi) is 8.04. The Labute approximate surface area is 203 Å². The maximum absolute atomic E-state index is 6.07. The van der Waals surface area contributed by atoms with Crippen LogP contribution in [0.1, 0.15) is 55.9 Å². The van der Waals surface area contributed by atoms with Gasteiger partial charge in [0, 0.05) is 13.2 Å². The molecule has 0 saturated carbocycles. The molecule has 1 unspecified atom stereocenters. The van der Waals surface area contributed by atoms with Crippen molar-refractivity contribution in [1.29, 1.82) is 0 Å². The van der Waals surface area contributed by atoms with Crippen molar-refractivity contribution in [3.63, 3.8) is 0 Å². The van der Waals surface area contributed by atoms with E-state index in [1.165, 1.54) is 33.4 Å². The van der Waals surface area contributed by atoms with Crippen LogP contribution in [0.3, 0.4) is 0 Å². The second-order valence-electron chi connectivity index (χ2n) is 9.05. The highest BCUT2D eigenvalue weighted by Gasteiger charge is 2.20. The fourth-order valence-corrected chi connectivity index (χ4v) is 4.65. The van der Waals surface area contributed by atoms with Gasteiger partial charge in [0.1, 0.15) is 17.7 Å². The lowest BCUT2D eigenvalue weighted by molar-refractivity contribution is 0.0511. The van der Waals surface area contributed by atoms with Crippen LogP contribution >= 0.6 is 0 Å². The monoisotopic (exact) mass is 457 g/mol. The summed E-state index contributed by atoms with van der Waals surface area (Å²) < 4.78 is 16.7. The summed E-state index contributed by atoms with van der Waals surface area (Å²) in [5, 5.41) is 3.38. The van der Waals surface area contributed by atoms with E-state index in [1.54, 1.807) is 7.11 Å². The van der Waals surface area contributed by atoms with Crippen molar-refractivity contribution >= 4 is 11.1 Å². The van der Waals surface area contributed by atoms with Gasteiger partial charge < -0.3 is 14.2 Å². The predicted molar refractivity (Wildman–Crippen MR) is 139 cm³/mol. The number of nitrogens with one attached hydrogen (secondary N) is 1. The van der Waals surface area contributed by atoms with Gasteiger partial charge >= 0.3 is 0 Å². The summed E-state index contributed by atoms with van der Waals surface area (Å²) in [7, 11) is 1.63. The SMILES string of the molecule is COCOc1ccc(C(=C2CCCc3ccccc32)c2ccc(OC(C)NC(C)C)cc2)cc1. The van der Waals surface area contributed by atoms with E-state index in [-0.39, 0.29) is 13.0 Å². The van der Waals surface area contributed by atoms with E-state index in [2.05, 4.69) is 79.8 Å². The quantitative estimate of drug-likeness (QED) is 0.364. The van der Waals surface area contributed by atoms with Crippen LogP contribution in [0.5, 0.6) is 11.5 Å². The number of benzene rings is 3. The van der Waals surface area contributed by atoms with Crippen molar-refractivity contribution in [3.8, 4) is 11.5 Å². The first kappa shape index (κ1) is 24.1. The Balaban J connectivity index is 1.73. The molecule has 1 aliphatic rings. The Morgan fingerprint density at radius 2 is 1.47 bits per heavy atom. The van der Waals surface area contributed by atoms with Crippen LogP contribution in [0, 0.1) is 0 Å². The summed E-state index contributed by atoms with van der Waals surface area (Å²) in [5.74, 6) is 1.66. The van der Waals surface area contributed by atoms with Crippen LogP contribution in [0.15, 0.2) is 72.8 Å². The molecule has 178 valence electrons. The lowest BCUT2D eigenvalue weighted by atomic mass is 9.81. The molecule has 4 rings (SSSR count). The van der Waals surface area contributed by atoms with E-state index in [0.29, 0.717) is 6.04 Å². The zero-order valence-electron chi connectivity index (χ0n) is 20.6. The van der Waals surface area contributed by atoms with Gasteiger partial charge in [-0.3, -0.25) is 5.32 Å². The van der Waals surface area contributed by atoms with E-state index >= 15 is 0 Å². The van der Waals surface area contributed by atoms with Gasteiger partial charge in [0.25, 0.3) is 0 Å². The molecule has 0 spiro atoms. The first-order chi connectivity index (χ1) is 16.5. The molecule has 0 aliphatic heterocycles. The van der Waals surface area contributed by atoms with Gasteiger partial charge in [-0.05, 0) is 97.7 Å². The van der Waals surface area contributed by atoms with Gasteiger partial charge in [-0.1, -0.05) is 48.5 Å². The fourth-order valence-electron chi connectivity index (χ4n) is 4.65. The molecule has 0 radical (unpaired) electrons. The van der Waals surface area contributed by atoms with E-state index < -0.39 is 0 Å². The number of ether oxygens (including phenoxy) is 3. The number of aryl methyl sites for hydroxylation is 1. The summed E-state index contributed by atoms with van der Waals surface area (Å²) in [5.41, 5.74) is 7.82. The Morgan fingerprint density at radius 3 is 2.12 bits per heavy atom. The maximum Gasteiger partial charge on any atom is 0.188 e. The molecule has 3 aromatic carbocycles. The number of hydrogen-bond acceptors (Lipinski definition) is 4. The molecule has 34 heavy (non-hydrogen) atoms. The van der Waals surface area contributed by atoms with Crippen LogP contribution in [0.4, 0.5) is 0 Å². The van der Waals surface area contributed by atoms with Crippen molar-refractivity contribution in [2.24, 2.45) is 0 Å². The summed E-state index contributed by atoms with van der Waals surface area (Å²) in [6.07, 6.45) is 3.30. The fraction of sp³-hybridized carbons (Fsp3) is 0.333. The molecule has 0 saturated heterocycles. The lowest BCUT2D eigenvalue weighted by Gasteiger charge is -2.24. The minimum Gasteiger partial charge on any atom is -0.476 e. The van der Waals surface area contributed by atoms with E-state index in [9.17, 15) is 0 Å². The molecule has 1 N–H and O–H groups in total. The molecule has 4 nitrogen and oxygen atoms in total. The smallest absolute Gasteiger partial charge is 0.188 e. The van der Waals surface area contributed by atoms with Gasteiger partial charge in [-0.25, -0.2) is 0 Å². The minimum atomic E-state index is -0.0476. The average molecular weight is 458 g/mol. The van der Waals surface area contributed by atoms with Gasteiger partial charge in [0.15, 0.2) is 6.79 Å². The highest BCUT2D eigenvalue weighted by Crippen LogP contribution is 2.40. The van der Waals surface area contributed by atoms with Gasteiger partial charge in [-0.2, -0.15) is 0 Å². The lowest BCUT2D eigenvalue weighted by Crippen LogP contribution is -2.36. The summed E-state index contributed by atoms with van der Waals surface area (Å²) in [6.45, 7) is 6.52. The van der Waals surface area contributed by atoms with Crippen molar-refractivity contribution in [1.82, 2.24) is 5.32 Å². The molecular weight excluding hydrogens is 422 g/mol.